The maximum absolute atomic E-state index is 10.8. The molecule has 0 atom stereocenters. The Morgan fingerprint density at radius 2 is 2.38 bits per heavy atom. The quantitative estimate of drug-likeness (QED) is 0.829. The number of carboxylic acids is 1. The third kappa shape index (κ3) is 2.47. The van der Waals surface area contributed by atoms with Crippen molar-refractivity contribution in [3.05, 3.63) is 39.9 Å². The summed E-state index contributed by atoms with van der Waals surface area (Å²) in [4.78, 5) is 11.2. The highest BCUT2D eigenvalue weighted by molar-refractivity contribution is 7.12. The zero-order chi connectivity index (χ0) is 11.4. The van der Waals surface area contributed by atoms with Gasteiger partial charge in [0.1, 0.15) is 10.6 Å². The van der Waals surface area contributed by atoms with Gasteiger partial charge in [-0.05, 0) is 17.0 Å². The number of aromatic carboxylic acids is 1. The normalized spacial score (nSPS) is 10.5. The lowest BCUT2D eigenvalue weighted by Gasteiger charge is -2.01. The first-order valence-corrected chi connectivity index (χ1v) is 5.55. The van der Waals surface area contributed by atoms with Crippen LogP contribution >= 0.6 is 11.3 Å². The van der Waals surface area contributed by atoms with Crippen molar-refractivity contribution in [2.75, 3.05) is 0 Å². The Hall–Kier alpha value is -1.66. The summed E-state index contributed by atoms with van der Waals surface area (Å²) in [7, 11) is 0. The lowest BCUT2D eigenvalue weighted by atomic mass is 10.2. The second-order valence-electron chi connectivity index (χ2n) is 3.16. The summed E-state index contributed by atoms with van der Waals surface area (Å²) in [5.41, 5.74) is 0.789. The van der Waals surface area contributed by atoms with Gasteiger partial charge in [-0.2, -0.15) is 0 Å². The van der Waals surface area contributed by atoms with E-state index >= 15 is 0 Å². The molecule has 0 unspecified atom stereocenters. The molecule has 2 aromatic heterocycles. The molecule has 16 heavy (non-hydrogen) atoms. The molecule has 0 aromatic carbocycles. The molecule has 5 nitrogen and oxygen atoms in total. The molecular weight excluding hydrogens is 228 g/mol. The predicted octanol–water partition coefficient (Wildman–Crippen LogP) is 1.72. The van der Waals surface area contributed by atoms with E-state index in [2.05, 4.69) is 10.5 Å². The van der Waals surface area contributed by atoms with Crippen LogP contribution in [0.4, 0.5) is 0 Å². The molecule has 0 aliphatic carbocycles. The summed E-state index contributed by atoms with van der Waals surface area (Å²) in [6.07, 6.45) is 1.57. The van der Waals surface area contributed by atoms with Gasteiger partial charge in [-0.1, -0.05) is 5.16 Å². The van der Waals surface area contributed by atoms with E-state index in [1.807, 2.05) is 6.07 Å². The van der Waals surface area contributed by atoms with Gasteiger partial charge < -0.3 is 14.9 Å². The lowest BCUT2D eigenvalue weighted by molar-refractivity contribution is 0.0701. The first-order valence-electron chi connectivity index (χ1n) is 4.67. The number of carboxylic acid groups (broad SMARTS) is 1. The molecule has 0 spiro atoms. The van der Waals surface area contributed by atoms with Crippen molar-refractivity contribution in [3.63, 3.8) is 0 Å². The molecule has 2 heterocycles. The smallest absolute Gasteiger partial charge is 0.346 e. The van der Waals surface area contributed by atoms with Gasteiger partial charge in [0.05, 0.1) is 12.7 Å². The zero-order valence-corrected chi connectivity index (χ0v) is 9.16. The molecule has 84 valence electrons. The van der Waals surface area contributed by atoms with Crippen molar-refractivity contribution in [1.82, 2.24) is 10.5 Å². The van der Waals surface area contributed by atoms with Gasteiger partial charge in [-0.3, -0.25) is 0 Å². The van der Waals surface area contributed by atoms with Gasteiger partial charge in [-0.25, -0.2) is 4.79 Å². The Morgan fingerprint density at radius 3 is 3.06 bits per heavy atom. The molecule has 0 saturated carbocycles. The molecule has 2 aromatic rings. The van der Waals surface area contributed by atoms with Gasteiger partial charge in [0.25, 0.3) is 0 Å². The molecule has 0 saturated heterocycles. The van der Waals surface area contributed by atoms with Crippen LogP contribution in [0.15, 0.2) is 28.2 Å². The van der Waals surface area contributed by atoms with Crippen LogP contribution in [0.5, 0.6) is 0 Å². The first kappa shape index (κ1) is 10.8. The van der Waals surface area contributed by atoms with Gasteiger partial charge >= 0.3 is 5.97 Å². The van der Waals surface area contributed by atoms with Crippen molar-refractivity contribution < 1.29 is 14.4 Å². The monoisotopic (exact) mass is 238 g/mol. The average Bonchev–Trinajstić information content (AvgIpc) is 2.87. The third-order valence-electron chi connectivity index (χ3n) is 2.05. The van der Waals surface area contributed by atoms with Crippen molar-refractivity contribution in [2.45, 2.75) is 13.1 Å². The fourth-order valence-electron chi connectivity index (χ4n) is 1.32. The predicted molar refractivity (Wildman–Crippen MR) is 58.3 cm³/mol. The van der Waals surface area contributed by atoms with Crippen LogP contribution < -0.4 is 5.32 Å². The first-order chi connectivity index (χ1) is 7.77. The minimum absolute atomic E-state index is 0.380. The van der Waals surface area contributed by atoms with Crippen molar-refractivity contribution in [1.29, 1.82) is 0 Å². The minimum atomic E-state index is -0.883. The van der Waals surface area contributed by atoms with Gasteiger partial charge in [-0.15, -0.1) is 11.3 Å². The molecule has 0 aliphatic rings. The van der Waals surface area contributed by atoms with Crippen LogP contribution in [-0.2, 0) is 13.1 Å². The van der Waals surface area contributed by atoms with Crippen LogP contribution in [-0.4, -0.2) is 16.2 Å². The standard InChI is InChI=1S/C10H10N2O3S/c13-10(14)9-7(2-4-16-9)5-11-6-8-1-3-12-15-8/h1-4,11H,5-6H2,(H,13,14). The molecule has 0 radical (unpaired) electrons. The number of nitrogens with zero attached hydrogens (tertiary/aromatic N) is 1. The summed E-state index contributed by atoms with van der Waals surface area (Å²) >= 11 is 1.23. The SMILES string of the molecule is O=C(O)c1sccc1CNCc1ccno1. The Labute approximate surface area is 95.7 Å². The van der Waals surface area contributed by atoms with Gasteiger partial charge in [0.15, 0.2) is 0 Å². The topological polar surface area (TPSA) is 75.4 Å². The maximum atomic E-state index is 10.8. The number of thiophene rings is 1. The highest BCUT2D eigenvalue weighted by Crippen LogP contribution is 2.16. The molecule has 0 fully saturated rings. The van der Waals surface area contributed by atoms with E-state index in [4.69, 9.17) is 9.63 Å². The fourth-order valence-corrected chi connectivity index (χ4v) is 2.08. The van der Waals surface area contributed by atoms with Gasteiger partial charge in [0.2, 0.25) is 0 Å². The molecule has 6 heteroatoms. The summed E-state index contributed by atoms with van der Waals surface area (Å²) < 4.78 is 4.90. The van der Waals surface area contributed by atoms with E-state index in [9.17, 15) is 4.79 Å². The van der Waals surface area contributed by atoms with E-state index in [0.29, 0.717) is 18.0 Å². The Bertz CT molecular complexity index is 464. The maximum Gasteiger partial charge on any atom is 0.346 e. The van der Waals surface area contributed by atoms with E-state index in [1.165, 1.54) is 11.3 Å². The lowest BCUT2D eigenvalue weighted by Crippen LogP contribution is -2.13. The molecule has 2 rings (SSSR count). The molecule has 0 aliphatic heterocycles. The number of aromatic nitrogens is 1. The summed E-state index contributed by atoms with van der Waals surface area (Å²) in [5.74, 6) is -0.154. The Balaban J connectivity index is 1.90. The molecule has 2 N–H and O–H groups in total. The van der Waals surface area contributed by atoms with Crippen molar-refractivity contribution >= 4 is 17.3 Å². The van der Waals surface area contributed by atoms with E-state index < -0.39 is 5.97 Å². The summed E-state index contributed by atoms with van der Waals surface area (Å²) in [6, 6.07) is 3.57. The molecule has 0 amide bonds. The van der Waals surface area contributed by atoms with Crippen LogP contribution in [0.1, 0.15) is 21.0 Å². The third-order valence-corrected chi connectivity index (χ3v) is 2.99. The largest absolute Gasteiger partial charge is 0.477 e. The molecule has 0 bridgehead atoms. The van der Waals surface area contributed by atoms with E-state index in [0.717, 1.165) is 11.3 Å². The fraction of sp³-hybridized carbons (Fsp3) is 0.200. The number of carbonyl (C=O) groups is 1. The Morgan fingerprint density at radius 1 is 1.50 bits per heavy atom. The van der Waals surface area contributed by atoms with E-state index in [1.54, 1.807) is 17.6 Å². The average molecular weight is 238 g/mol. The zero-order valence-electron chi connectivity index (χ0n) is 8.34. The second kappa shape index (κ2) is 4.91. The van der Waals surface area contributed by atoms with Crippen LogP contribution in [0.2, 0.25) is 0 Å². The van der Waals surface area contributed by atoms with Crippen molar-refractivity contribution in [2.24, 2.45) is 0 Å². The highest BCUT2D eigenvalue weighted by atomic mass is 32.1. The van der Waals surface area contributed by atoms with Crippen LogP contribution in [0.3, 0.4) is 0 Å². The second-order valence-corrected chi connectivity index (χ2v) is 4.08. The number of hydrogen-bond acceptors (Lipinski definition) is 5. The molecular formula is C10H10N2O3S. The van der Waals surface area contributed by atoms with Crippen LogP contribution in [0, 0.1) is 0 Å². The number of hydrogen-bond donors (Lipinski definition) is 2. The Kier molecular flexibility index (Phi) is 3.33. The van der Waals surface area contributed by atoms with Crippen molar-refractivity contribution in [3.8, 4) is 0 Å². The van der Waals surface area contributed by atoms with E-state index in [-0.39, 0.29) is 0 Å². The highest BCUT2D eigenvalue weighted by Gasteiger charge is 2.10. The number of nitrogens with one attached hydrogen (secondary N) is 1. The summed E-state index contributed by atoms with van der Waals surface area (Å²) in [6.45, 7) is 1.04. The summed E-state index contributed by atoms with van der Waals surface area (Å²) in [5, 5.41) is 17.3. The number of rotatable bonds is 5. The minimum Gasteiger partial charge on any atom is -0.477 e. The van der Waals surface area contributed by atoms with Gasteiger partial charge in [0, 0.05) is 12.6 Å². The van der Waals surface area contributed by atoms with Crippen LogP contribution in [0.25, 0.3) is 0 Å².